The molecule has 1 aromatic rings. The van der Waals surface area contributed by atoms with Crippen LogP contribution < -0.4 is 4.74 Å². The third-order valence-electron chi connectivity index (χ3n) is 2.46. The molecule has 0 bridgehead atoms. The van der Waals surface area contributed by atoms with E-state index in [0.29, 0.717) is 0 Å². The first-order valence-corrected chi connectivity index (χ1v) is 5.95. The number of rotatable bonds is 5. The fourth-order valence-electron chi connectivity index (χ4n) is 1.50. The molecule has 86 valence electrons. The molecule has 0 saturated carbocycles. The number of hydrogen-bond donors (Lipinski definition) is 0. The minimum absolute atomic E-state index is 0.823. The van der Waals surface area contributed by atoms with Crippen LogP contribution in [-0.4, -0.2) is 7.11 Å². The van der Waals surface area contributed by atoms with Gasteiger partial charge in [0.25, 0.3) is 0 Å². The van der Waals surface area contributed by atoms with Crippen molar-refractivity contribution >= 4 is 0 Å². The standard InChI is InChI=1S/C15H20O/c1-3-4-5-6-7-8-10-14-11-9-12-15(13-14)16-2/h9,11-13H,3-6,10H2,1-2H3. The number of benzene rings is 1. The first kappa shape index (κ1) is 12.6. The molecule has 0 amide bonds. The summed E-state index contributed by atoms with van der Waals surface area (Å²) in [6, 6.07) is 8.09. The van der Waals surface area contributed by atoms with Crippen molar-refractivity contribution < 1.29 is 4.74 Å². The van der Waals surface area contributed by atoms with Crippen molar-refractivity contribution in [3.63, 3.8) is 0 Å². The zero-order valence-electron chi connectivity index (χ0n) is 10.3. The van der Waals surface area contributed by atoms with Gasteiger partial charge in [0.05, 0.1) is 7.11 Å². The number of methoxy groups -OCH3 is 1. The van der Waals surface area contributed by atoms with Crippen LogP contribution in [0.15, 0.2) is 24.3 Å². The molecule has 0 aliphatic carbocycles. The van der Waals surface area contributed by atoms with Gasteiger partial charge in [-0.2, -0.15) is 0 Å². The summed E-state index contributed by atoms with van der Waals surface area (Å²) < 4.78 is 5.17. The van der Waals surface area contributed by atoms with E-state index in [-0.39, 0.29) is 0 Å². The summed E-state index contributed by atoms with van der Waals surface area (Å²) in [4.78, 5) is 0. The van der Waals surface area contributed by atoms with Crippen LogP contribution in [0.25, 0.3) is 0 Å². The van der Waals surface area contributed by atoms with Crippen molar-refractivity contribution in [3.05, 3.63) is 29.8 Å². The van der Waals surface area contributed by atoms with Crippen LogP contribution >= 0.6 is 0 Å². The fraction of sp³-hybridized carbons (Fsp3) is 0.467. The number of unbranched alkanes of at least 4 members (excludes halogenated alkanes) is 3. The lowest BCUT2D eigenvalue weighted by Crippen LogP contribution is -1.85. The highest BCUT2D eigenvalue weighted by Gasteiger charge is 1.92. The minimum atomic E-state index is 0.823. The van der Waals surface area contributed by atoms with Crippen molar-refractivity contribution in [1.82, 2.24) is 0 Å². The van der Waals surface area contributed by atoms with Crippen LogP contribution in [-0.2, 0) is 6.42 Å². The van der Waals surface area contributed by atoms with E-state index in [0.717, 1.165) is 18.6 Å². The molecular formula is C15H20O. The molecule has 0 aliphatic rings. The number of hydrogen-bond acceptors (Lipinski definition) is 1. The number of ether oxygens (including phenoxy) is 1. The molecule has 1 rings (SSSR count). The molecule has 16 heavy (non-hydrogen) atoms. The van der Waals surface area contributed by atoms with Gasteiger partial charge >= 0.3 is 0 Å². The average molecular weight is 216 g/mol. The van der Waals surface area contributed by atoms with Gasteiger partial charge in [-0.15, -0.1) is 5.92 Å². The molecule has 0 aliphatic heterocycles. The lowest BCUT2D eigenvalue weighted by atomic mass is 10.1. The van der Waals surface area contributed by atoms with Crippen LogP contribution in [0.4, 0.5) is 0 Å². The average Bonchev–Trinajstić information content (AvgIpc) is 2.34. The van der Waals surface area contributed by atoms with E-state index in [1.807, 2.05) is 18.2 Å². The van der Waals surface area contributed by atoms with Gasteiger partial charge in [-0.1, -0.05) is 37.8 Å². The molecule has 0 spiro atoms. The Kier molecular flexibility index (Phi) is 6.18. The topological polar surface area (TPSA) is 9.23 Å². The second-order valence-electron chi connectivity index (χ2n) is 3.84. The Bertz CT molecular complexity index is 357. The lowest BCUT2D eigenvalue weighted by Gasteiger charge is -2.00. The van der Waals surface area contributed by atoms with E-state index in [2.05, 4.69) is 24.8 Å². The van der Waals surface area contributed by atoms with Crippen LogP contribution in [0, 0.1) is 11.8 Å². The Morgan fingerprint density at radius 1 is 1.19 bits per heavy atom. The van der Waals surface area contributed by atoms with Crippen molar-refractivity contribution in [2.45, 2.75) is 39.0 Å². The van der Waals surface area contributed by atoms with E-state index in [1.165, 1.54) is 24.8 Å². The van der Waals surface area contributed by atoms with Gasteiger partial charge in [0.1, 0.15) is 5.75 Å². The first-order valence-electron chi connectivity index (χ1n) is 5.95. The van der Waals surface area contributed by atoms with Crippen LogP contribution in [0.1, 0.15) is 38.2 Å². The second kappa shape index (κ2) is 7.82. The normalized spacial score (nSPS) is 9.38. The molecule has 0 atom stereocenters. The summed E-state index contributed by atoms with van der Waals surface area (Å²) in [5.41, 5.74) is 1.22. The second-order valence-corrected chi connectivity index (χ2v) is 3.84. The Hall–Kier alpha value is -1.42. The molecule has 0 unspecified atom stereocenters. The lowest BCUT2D eigenvalue weighted by molar-refractivity contribution is 0.414. The summed E-state index contributed by atoms with van der Waals surface area (Å²) in [5.74, 6) is 7.33. The highest BCUT2D eigenvalue weighted by Crippen LogP contribution is 2.12. The van der Waals surface area contributed by atoms with E-state index < -0.39 is 0 Å². The van der Waals surface area contributed by atoms with Gasteiger partial charge in [-0.05, 0) is 24.1 Å². The van der Waals surface area contributed by atoms with E-state index >= 15 is 0 Å². The SMILES string of the molecule is CCCCCC#CCc1cccc(OC)c1. The molecule has 0 heterocycles. The van der Waals surface area contributed by atoms with Gasteiger partial charge in [-0.25, -0.2) is 0 Å². The third-order valence-corrected chi connectivity index (χ3v) is 2.46. The highest BCUT2D eigenvalue weighted by molar-refractivity contribution is 5.30. The molecule has 1 aromatic carbocycles. The Morgan fingerprint density at radius 2 is 2.06 bits per heavy atom. The van der Waals surface area contributed by atoms with Gasteiger partial charge in [0, 0.05) is 12.8 Å². The molecule has 0 saturated heterocycles. The van der Waals surface area contributed by atoms with Gasteiger partial charge in [0.2, 0.25) is 0 Å². The van der Waals surface area contributed by atoms with Gasteiger partial charge in [-0.3, -0.25) is 0 Å². The highest BCUT2D eigenvalue weighted by atomic mass is 16.5. The van der Waals surface area contributed by atoms with Crippen LogP contribution in [0.2, 0.25) is 0 Å². The van der Waals surface area contributed by atoms with Crippen molar-refractivity contribution in [2.75, 3.05) is 7.11 Å². The smallest absolute Gasteiger partial charge is 0.119 e. The molecule has 0 aromatic heterocycles. The third kappa shape index (κ3) is 4.89. The Morgan fingerprint density at radius 3 is 2.81 bits per heavy atom. The van der Waals surface area contributed by atoms with Crippen molar-refractivity contribution in [3.8, 4) is 17.6 Å². The summed E-state index contributed by atoms with van der Waals surface area (Å²) >= 11 is 0. The van der Waals surface area contributed by atoms with Crippen LogP contribution in [0.5, 0.6) is 5.75 Å². The van der Waals surface area contributed by atoms with E-state index in [9.17, 15) is 0 Å². The van der Waals surface area contributed by atoms with Crippen molar-refractivity contribution in [2.24, 2.45) is 0 Å². The molecule has 0 fully saturated rings. The quantitative estimate of drug-likeness (QED) is 0.537. The Balaban J connectivity index is 2.35. The molecule has 1 heteroatoms. The molecular weight excluding hydrogens is 196 g/mol. The van der Waals surface area contributed by atoms with E-state index in [1.54, 1.807) is 7.11 Å². The van der Waals surface area contributed by atoms with Gasteiger partial charge in [0.15, 0.2) is 0 Å². The largest absolute Gasteiger partial charge is 0.497 e. The molecule has 0 radical (unpaired) electrons. The first-order chi connectivity index (χ1) is 7.86. The summed E-state index contributed by atoms with van der Waals surface area (Å²) in [7, 11) is 1.69. The predicted octanol–water partition coefficient (Wildman–Crippen LogP) is 3.82. The minimum Gasteiger partial charge on any atom is -0.497 e. The Labute approximate surface area is 98.8 Å². The zero-order chi connectivity index (χ0) is 11.6. The van der Waals surface area contributed by atoms with Crippen molar-refractivity contribution in [1.29, 1.82) is 0 Å². The molecule has 0 N–H and O–H groups in total. The fourth-order valence-corrected chi connectivity index (χ4v) is 1.50. The summed E-state index contributed by atoms with van der Waals surface area (Å²) in [6.07, 6.45) is 5.62. The van der Waals surface area contributed by atoms with E-state index in [4.69, 9.17) is 4.74 Å². The maximum atomic E-state index is 5.17. The monoisotopic (exact) mass is 216 g/mol. The maximum Gasteiger partial charge on any atom is 0.119 e. The zero-order valence-corrected chi connectivity index (χ0v) is 10.3. The summed E-state index contributed by atoms with van der Waals surface area (Å²) in [5, 5.41) is 0. The molecule has 1 nitrogen and oxygen atoms in total. The van der Waals surface area contributed by atoms with Crippen LogP contribution in [0.3, 0.4) is 0 Å². The summed E-state index contributed by atoms with van der Waals surface area (Å²) in [6.45, 7) is 2.21. The predicted molar refractivity (Wildman–Crippen MR) is 68.6 cm³/mol. The van der Waals surface area contributed by atoms with Gasteiger partial charge < -0.3 is 4.74 Å². The maximum absolute atomic E-state index is 5.17.